The van der Waals surface area contributed by atoms with Crippen LogP contribution in [0.5, 0.6) is 0 Å². The number of aliphatic hydroxyl groups excluding tert-OH is 1. The van der Waals surface area contributed by atoms with E-state index in [0.29, 0.717) is 0 Å². The zero-order valence-electron chi connectivity index (χ0n) is 10.1. The number of hydrogen-bond donors (Lipinski definition) is 1. The van der Waals surface area contributed by atoms with Gasteiger partial charge >= 0.3 is 0 Å². The van der Waals surface area contributed by atoms with Gasteiger partial charge in [-0.05, 0) is 17.5 Å². The zero-order chi connectivity index (χ0) is 12.1. The van der Waals surface area contributed by atoms with Crippen LogP contribution >= 0.6 is 0 Å². The fourth-order valence-electron chi connectivity index (χ4n) is 2.22. The molecular formula is C16H18O. The summed E-state index contributed by atoms with van der Waals surface area (Å²) >= 11 is 0. The second kappa shape index (κ2) is 5.65. The lowest BCUT2D eigenvalue weighted by Gasteiger charge is -2.22. The predicted octanol–water partition coefficient (Wildman–Crippen LogP) is 3.91. The van der Waals surface area contributed by atoms with Crippen molar-refractivity contribution in [2.45, 2.75) is 25.4 Å². The molecule has 0 saturated heterocycles. The zero-order valence-corrected chi connectivity index (χ0v) is 10.1. The van der Waals surface area contributed by atoms with E-state index in [1.807, 2.05) is 48.5 Å². The Bertz CT molecular complexity index is 436. The van der Waals surface area contributed by atoms with Crippen LogP contribution in [-0.2, 0) is 0 Å². The molecule has 2 rings (SSSR count). The van der Waals surface area contributed by atoms with Gasteiger partial charge in [0.2, 0.25) is 0 Å². The summed E-state index contributed by atoms with van der Waals surface area (Å²) in [7, 11) is 0. The second-order valence-electron chi connectivity index (χ2n) is 4.28. The molecule has 2 aromatic rings. The summed E-state index contributed by atoms with van der Waals surface area (Å²) in [5, 5.41) is 10.4. The van der Waals surface area contributed by atoms with Crippen LogP contribution in [0, 0.1) is 0 Å². The molecular weight excluding hydrogens is 208 g/mol. The molecule has 0 saturated carbocycles. The maximum absolute atomic E-state index is 10.4. The number of benzene rings is 2. The fourth-order valence-corrected chi connectivity index (χ4v) is 2.22. The lowest BCUT2D eigenvalue weighted by atomic mass is 9.87. The molecule has 1 N–H and O–H groups in total. The van der Waals surface area contributed by atoms with Gasteiger partial charge in [-0.1, -0.05) is 67.6 Å². The Morgan fingerprint density at radius 3 is 1.76 bits per heavy atom. The fraction of sp³-hybridized carbons (Fsp3) is 0.250. The average molecular weight is 226 g/mol. The topological polar surface area (TPSA) is 20.2 Å². The summed E-state index contributed by atoms with van der Waals surface area (Å²) in [5.74, 6) is 0.165. The molecule has 0 fully saturated rings. The van der Waals surface area contributed by atoms with Crippen molar-refractivity contribution in [2.24, 2.45) is 0 Å². The van der Waals surface area contributed by atoms with Gasteiger partial charge in [0.1, 0.15) is 0 Å². The number of hydrogen-bond acceptors (Lipinski definition) is 1. The van der Waals surface area contributed by atoms with Crippen molar-refractivity contribution in [2.75, 3.05) is 0 Å². The minimum atomic E-state index is -0.427. The highest BCUT2D eigenvalue weighted by Crippen LogP contribution is 2.33. The van der Waals surface area contributed by atoms with Gasteiger partial charge in [0.15, 0.2) is 0 Å². The quantitative estimate of drug-likeness (QED) is 0.838. The first kappa shape index (κ1) is 11.9. The van der Waals surface area contributed by atoms with Gasteiger partial charge in [0.05, 0.1) is 6.10 Å². The van der Waals surface area contributed by atoms with Crippen LogP contribution in [0.3, 0.4) is 0 Å². The summed E-state index contributed by atoms with van der Waals surface area (Å²) < 4.78 is 0. The Morgan fingerprint density at radius 2 is 1.29 bits per heavy atom. The Hall–Kier alpha value is -1.60. The summed E-state index contributed by atoms with van der Waals surface area (Å²) in [6.45, 7) is 2.11. The van der Waals surface area contributed by atoms with Gasteiger partial charge in [-0.2, -0.15) is 0 Å². The molecule has 0 aliphatic heterocycles. The van der Waals surface area contributed by atoms with E-state index in [1.54, 1.807) is 0 Å². The Morgan fingerprint density at radius 1 is 0.824 bits per heavy atom. The maximum Gasteiger partial charge on any atom is 0.0858 e. The van der Waals surface area contributed by atoms with Gasteiger partial charge in [0.25, 0.3) is 0 Å². The van der Waals surface area contributed by atoms with Crippen molar-refractivity contribution in [3.63, 3.8) is 0 Å². The molecule has 1 nitrogen and oxygen atoms in total. The summed E-state index contributed by atoms with van der Waals surface area (Å²) in [5.41, 5.74) is 2.19. The van der Waals surface area contributed by atoms with Gasteiger partial charge in [-0.15, -0.1) is 0 Å². The van der Waals surface area contributed by atoms with E-state index in [9.17, 15) is 5.11 Å². The SMILES string of the molecule is CCC(c1ccccc1)C(O)c1ccccc1. The van der Waals surface area contributed by atoms with E-state index in [-0.39, 0.29) is 5.92 Å². The third-order valence-corrected chi connectivity index (χ3v) is 3.19. The average Bonchev–Trinajstić information content (AvgIpc) is 2.42. The highest BCUT2D eigenvalue weighted by Gasteiger charge is 2.20. The molecule has 0 bridgehead atoms. The molecule has 2 unspecified atom stereocenters. The van der Waals surface area contributed by atoms with Crippen molar-refractivity contribution in [1.29, 1.82) is 0 Å². The lowest BCUT2D eigenvalue weighted by Crippen LogP contribution is -2.10. The minimum Gasteiger partial charge on any atom is -0.388 e. The molecule has 2 atom stereocenters. The van der Waals surface area contributed by atoms with E-state index in [1.165, 1.54) is 5.56 Å². The van der Waals surface area contributed by atoms with Crippen LogP contribution < -0.4 is 0 Å². The highest BCUT2D eigenvalue weighted by atomic mass is 16.3. The molecule has 2 aromatic carbocycles. The van der Waals surface area contributed by atoms with Crippen LogP contribution in [0.1, 0.15) is 36.5 Å². The van der Waals surface area contributed by atoms with Gasteiger partial charge in [0, 0.05) is 5.92 Å². The normalized spacial score (nSPS) is 14.2. The van der Waals surface area contributed by atoms with Crippen LogP contribution in [0.15, 0.2) is 60.7 Å². The Kier molecular flexibility index (Phi) is 3.94. The minimum absolute atomic E-state index is 0.165. The first-order valence-corrected chi connectivity index (χ1v) is 6.11. The first-order valence-electron chi connectivity index (χ1n) is 6.11. The standard InChI is InChI=1S/C16H18O/c1-2-15(13-9-5-3-6-10-13)16(17)14-11-7-4-8-12-14/h3-12,15-17H,2H2,1H3. The smallest absolute Gasteiger partial charge is 0.0858 e. The molecule has 0 aromatic heterocycles. The largest absolute Gasteiger partial charge is 0.388 e. The van der Waals surface area contributed by atoms with Gasteiger partial charge in [-0.25, -0.2) is 0 Å². The maximum atomic E-state index is 10.4. The number of rotatable bonds is 4. The van der Waals surface area contributed by atoms with Crippen LogP contribution in [0.25, 0.3) is 0 Å². The molecule has 0 radical (unpaired) electrons. The van der Waals surface area contributed by atoms with Crippen molar-refractivity contribution < 1.29 is 5.11 Å². The molecule has 88 valence electrons. The molecule has 0 amide bonds. The van der Waals surface area contributed by atoms with Crippen molar-refractivity contribution in [3.05, 3.63) is 71.8 Å². The van der Waals surface area contributed by atoms with Crippen LogP contribution in [-0.4, -0.2) is 5.11 Å². The predicted molar refractivity (Wildman–Crippen MR) is 70.9 cm³/mol. The molecule has 0 heterocycles. The summed E-state index contributed by atoms with van der Waals surface area (Å²) in [6.07, 6.45) is 0.503. The molecule has 0 spiro atoms. The molecule has 1 heteroatoms. The third-order valence-electron chi connectivity index (χ3n) is 3.19. The second-order valence-corrected chi connectivity index (χ2v) is 4.28. The molecule has 0 aliphatic carbocycles. The van der Waals surface area contributed by atoms with E-state index >= 15 is 0 Å². The van der Waals surface area contributed by atoms with Crippen LogP contribution in [0.2, 0.25) is 0 Å². The Balaban J connectivity index is 2.25. The van der Waals surface area contributed by atoms with E-state index in [0.717, 1.165) is 12.0 Å². The van der Waals surface area contributed by atoms with Crippen LogP contribution in [0.4, 0.5) is 0 Å². The van der Waals surface area contributed by atoms with E-state index < -0.39 is 6.10 Å². The molecule has 0 aliphatic rings. The van der Waals surface area contributed by atoms with E-state index in [2.05, 4.69) is 19.1 Å². The van der Waals surface area contributed by atoms with Crippen molar-refractivity contribution in [3.8, 4) is 0 Å². The summed E-state index contributed by atoms with van der Waals surface area (Å²) in [4.78, 5) is 0. The van der Waals surface area contributed by atoms with Gasteiger partial charge < -0.3 is 5.11 Å². The van der Waals surface area contributed by atoms with Crippen molar-refractivity contribution >= 4 is 0 Å². The lowest BCUT2D eigenvalue weighted by molar-refractivity contribution is 0.142. The van der Waals surface area contributed by atoms with Crippen molar-refractivity contribution in [1.82, 2.24) is 0 Å². The summed E-state index contributed by atoms with van der Waals surface area (Å²) in [6, 6.07) is 20.1. The number of aliphatic hydroxyl groups is 1. The van der Waals surface area contributed by atoms with Gasteiger partial charge in [-0.3, -0.25) is 0 Å². The monoisotopic (exact) mass is 226 g/mol. The Labute approximate surface area is 103 Å². The molecule has 17 heavy (non-hydrogen) atoms. The first-order chi connectivity index (χ1) is 8.33. The van der Waals surface area contributed by atoms with E-state index in [4.69, 9.17) is 0 Å². The highest BCUT2D eigenvalue weighted by molar-refractivity contribution is 5.26. The third kappa shape index (κ3) is 2.75.